The lowest BCUT2D eigenvalue weighted by atomic mass is 9.73. The van der Waals surface area contributed by atoms with Gasteiger partial charge >= 0.3 is 12.1 Å². The van der Waals surface area contributed by atoms with Crippen LogP contribution >= 0.6 is 12.6 Å². The fourth-order valence-corrected chi connectivity index (χ4v) is 7.00. The van der Waals surface area contributed by atoms with Gasteiger partial charge < -0.3 is 25.0 Å². The summed E-state index contributed by atoms with van der Waals surface area (Å²) in [7, 11) is 1.62. The van der Waals surface area contributed by atoms with Gasteiger partial charge in [-0.3, -0.25) is 9.69 Å². The van der Waals surface area contributed by atoms with E-state index in [0.717, 1.165) is 81.1 Å². The number of benzene rings is 1. The third-order valence-electron chi connectivity index (χ3n) is 9.70. The highest BCUT2D eigenvalue weighted by molar-refractivity contribution is 7.80. The van der Waals surface area contributed by atoms with Crippen LogP contribution in [0.25, 0.3) is 0 Å². The maximum Gasteiger partial charge on any atom is 0.410 e. The molecule has 3 rings (SSSR count). The number of hydrogen-bond donors (Lipinski definition) is 4. The van der Waals surface area contributed by atoms with Crippen LogP contribution in [0.2, 0.25) is 0 Å². The van der Waals surface area contributed by atoms with Crippen molar-refractivity contribution in [3.63, 3.8) is 0 Å². The van der Waals surface area contributed by atoms with Crippen LogP contribution in [-0.2, 0) is 27.2 Å². The van der Waals surface area contributed by atoms with E-state index in [9.17, 15) is 19.5 Å². The topological polar surface area (TPSA) is 125 Å². The van der Waals surface area contributed by atoms with E-state index in [1.165, 1.54) is 4.90 Å². The van der Waals surface area contributed by atoms with Crippen molar-refractivity contribution in [1.29, 1.82) is 0 Å². The summed E-state index contributed by atoms with van der Waals surface area (Å²) in [5, 5.41) is 23.2. The van der Waals surface area contributed by atoms with Crippen LogP contribution in [-0.4, -0.2) is 76.8 Å². The number of hydrogen-bond acceptors (Lipinski definition) is 7. The summed E-state index contributed by atoms with van der Waals surface area (Å²) < 4.78 is 11.6. The summed E-state index contributed by atoms with van der Waals surface area (Å²) in [6.45, 7) is 5.80. The fourth-order valence-electron chi connectivity index (χ4n) is 6.78. The lowest BCUT2D eigenvalue weighted by Gasteiger charge is -2.35. The largest absolute Gasteiger partial charge is 0.482 e. The Morgan fingerprint density at radius 2 is 1.89 bits per heavy atom. The van der Waals surface area contributed by atoms with Crippen LogP contribution < -0.4 is 10.1 Å². The second-order valence-electron chi connectivity index (χ2n) is 13.1. The van der Waals surface area contributed by atoms with E-state index < -0.39 is 23.7 Å². The number of ether oxygens (including phenoxy) is 2. The highest BCUT2D eigenvalue weighted by atomic mass is 32.1. The third kappa shape index (κ3) is 9.77. The molecule has 0 radical (unpaired) electrons. The number of carboxylic acids is 1. The molecule has 0 saturated heterocycles. The van der Waals surface area contributed by atoms with E-state index in [0.29, 0.717) is 37.0 Å². The Bertz CT molecular complexity index is 1100. The van der Waals surface area contributed by atoms with Crippen molar-refractivity contribution >= 4 is 30.6 Å². The van der Waals surface area contributed by atoms with Crippen LogP contribution in [0, 0.1) is 17.8 Å². The number of fused-ring (bicyclic) bond motifs is 2. The van der Waals surface area contributed by atoms with Gasteiger partial charge in [0.1, 0.15) is 17.4 Å². The Kier molecular flexibility index (Phi) is 14.2. The molecule has 1 aromatic carbocycles. The van der Waals surface area contributed by atoms with Crippen molar-refractivity contribution in [2.24, 2.45) is 17.8 Å². The minimum Gasteiger partial charge on any atom is -0.482 e. The first-order chi connectivity index (χ1) is 21.0. The fraction of sp³-hybridized carbons (Fsp3) is 0.735. The molecule has 44 heavy (non-hydrogen) atoms. The number of likely N-dealkylation sites (N-methyl/N-ethyl adjacent to an activating group) is 1. The highest BCUT2D eigenvalue weighted by Gasteiger charge is 2.45. The van der Waals surface area contributed by atoms with E-state index >= 15 is 0 Å². The number of unbranched alkanes of at least 4 members (excludes halogenated alkanes) is 4. The van der Waals surface area contributed by atoms with E-state index in [-0.39, 0.29) is 24.5 Å². The van der Waals surface area contributed by atoms with E-state index in [2.05, 4.69) is 30.9 Å². The van der Waals surface area contributed by atoms with Gasteiger partial charge in [-0.2, -0.15) is 12.6 Å². The van der Waals surface area contributed by atoms with Gasteiger partial charge in [0.15, 0.2) is 6.61 Å². The quantitative estimate of drug-likeness (QED) is 0.121. The minimum atomic E-state index is -1.06. The van der Waals surface area contributed by atoms with Crippen molar-refractivity contribution in [1.82, 2.24) is 10.2 Å². The first-order valence-electron chi connectivity index (χ1n) is 16.5. The SMILES string of the molecule is CCCCC[C@@H](CC[C@@H]1[C@H]2Cc3cccc(OCC(=O)O)c3C[C@H]2C[C@H]1O)OC(=O)N(C)C(C)(C)C(=O)NCCCCCS. The zero-order chi connectivity index (χ0) is 32.3. The number of thiol groups is 1. The molecular weight excluding hydrogens is 580 g/mol. The predicted octanol–water partition coefficient (Wildman–Crippen LogP) is 5.65. The summed E-state index contributed by atoms with van der Waals surface area (Å²) >= 11 is 4.23. The Morgan fingerprint density at radius 3 is 2.59 bits per heavy atom. The van der Waals surface area contributed by atoms with Crippen molar-refractivity contribution in [2.75, 3.05) is 26.0 Å². The van der Waals surface area contributed by atoms with Gasteiger partial charge in [0, 0.05) is 13.6 Å². The Labute approximate surface area is 268 Å². The number of rotatable bonds is 18. The van der Waals surface area contributed by atoms with Gasteiger partial charge in [-0.1, -0.05) is 38.3 Å². The molecule has 0 heterocycles. The normalized spacial score (nSPS) is 21.6. The molecule has 9 nitrogen and oxygen atoms in total. The Hall–Kier alpha value is -2.46. The maximum absolute atomic E-state index is 13.3. The van der Waals surface area contributed by atoms with Crippen LogP contribution in [0.3, 0.4) is 0 Å². The summed E-state index contributed by atoms with van der Waals surface area (Å²) in [5.41, 5.74) is 1.15. The lowest BCUT2D eigenvalue weighted by Crippen LogP contribution is -2.56. The minimum absolute atomic E-state index is 0.0895. The zero-order valence-corrected chi connectivity index (χ0v) is 27.9. The molecule has 0 spiro atoms. The van der Waals surface area contributed by atoms with Crippen molar-refractivity contribution in [3.8, 4) is 5.75 Å². The average Bonchev–Trinajstić information content (AvgIpc) is 3.30. The summed E-state index contributed by atoms with van der Waals surface area (Å²) in [4.78, 5) is 38.7. The number of carboxylic acid groups (broad SMARTS) is 1. The summed E-state index contributed by atoms with van der Waals surface area (Å²) in [6.07, 6.45) is 9.09. The number of aliphatic hydroxyl groups excluding tert-OH is 1. The van der Waals surface area contributed by atoms with Gasteiger partial charge in [-0.15, -0.1) is 0 Å². The van der Waals surface area contributed by atoms with Crippen LogP contribution in [0.5, 0.6) is 5.75 Å². The molecule has 0 aromatic heterocycles. The molecule has 1 saturated carbocycles. The Balaban J connectivity index is 1.62. The van der Waals surface area contributed by atoms with Crippen molar-refractivity contribution in [2.45, 2.75) is 116 Å². The standard InChI is InChI=1S/C34H54N2O7S/c1-5-6-8-13-25(43-33(41)36(4)34(2,3)32(40)35-17-9-7-10-18-44)15-16-26-27-19-23-12-11-14-30(42-22-31(38)39)28(23)20-24(27)21-29(26)37/h11-12,14,24-27,29,37,44H,5-10,13,15-22H2,1-4H3,(H,35,40)(H,38,39)/t24-,25-,26+,27-,29+/m0/s1. The molecular formula is C34H54N2O7S. The molecule has 2 aliphatic carbocycles. The van der Waals surface area contributed by atoms with Crippen LogP contribution in [0.4, 0.5) is 4.79 Å². The average molecular weight is 635 g/mol. The molecule has 3 N–H and O–H groups in total. The molecule has 1 aromatic rings. The number of aliphatic carboxylic acids is 1. The van der Waals surface area contributed by atoms with Gasteiger partial charge in [-0.25, -0.2) is 9.59 Å². The van der Waals surface area contributed by atoms with Gasteiger partial charge in [0.05, 0.1) is 6.10 Å². The smallest absolute Gasteiger partial charge is 0.410 e. The van der Waals surface area contributed by atoms with Crippen LogP contribution in [0.15, 0.2) is 18.2 Å². The van der Waals surface area contributed by atoms with E-state index in [1.54, 1.807) is 20.9 Å². The maximum atomic E-state index is 13.3. The zero-order valence-electron chi connectivity index (χ0n) is 27.1. The number of carbonyl (C=O) groups excluding carboxylic acids is 2. The second kappa shape index (κ2) is 17.3. The lowest BCUT2D eigenvalue weighted by molar-refractivity contribution is -0.139. The van der Waals surface area contributed by atoms with Crippen molar-refractivity contribution < 1.29 is 34.1 Å². The summed E-state index contributed by atoms with van der Waals surface area (Å²) in [5.74, 6) is 0.924. The third-order valence-corrected chi connectivity index (χ3v) is 10.0. The number of nitrogens with zero attached hydrogens (tertiary/aromatic N) is 1. The molecule has 2 amide bonds. The van der Waals surface area contributed by atoms with E-state index in [4.69, 9.17) is 14.6 Å². The molecule has 5 atom stereocenters. The van der Waals surface area contributed by atoms with Gasteiger partial charge in [-0.05, 0) is 112 Å². The number of nitrogens with one attached hydrogen (secondary N) is 1. The molecule has 248 valence electrons. The van der Waals surface area contributed by atoms with Gasteiger partial charge in [0.2, 0.25) is 5.91 Å². The molecule has 0 bridgehead atoms. The number of carbonyl (C=O) groups is 3. The molecule has 0 aliphatic heterocycles. The molecule has 10 heteroatoms. The number of amides is 2. The van der Waals surface area contributed by atoms with Crippen molar-refractivity contribution in [3.05, 3.63) is 29.3 Å². The monoisotopic (exact) mass is 634 g/mol. The summed E-state index contributed by atoms with van der Waals surface area (Å²) in [6, 6.07) is 5.81. The van der Waals surface area contributed by atoms with E-state index in [1.807, 2.05) is 12.1 Å². The second-order valence-corrected chi connectivity index (χ2v) is 13.6. The first-order valence-corrected chi connectivity index (χ1v) is 17.1. The first kappa shape index (κ1) is 36.0. The molecule has 0 unspecified atom stereocenters. The van der Waals surface area contributed by atoms with Gasteiger partial charge in [0.25, 0.3) is 0 Å². The Morgan fingerprint density at radius 1 is 1.11 bits per heavy atom. The highest BCUT2D eigenvalue weighted by Crippen LogP contribution is 2.48. The molecule has 1 fully saturated rings. The number of aliphatic hydroxyl groups is 1. The predicted molar refractivity (Wildman–Crippen MR) is 174 cm³/mol. The molecule has 2 aliphatic rings. The van der Waals surface area contributed by atoms with Crippen LogP contribution in [0.1, 0.15) is 96.1 Å².